The second kappa shape index (κ2) is 8.67. The van der Waals surface area contributed by atoms with Gasteiger partial charge in [0.05, 0.1) is 4.88 Å². The summed E-state index contributed by atoms with van der Waals surface area (Å²) in [5, 5.41) is 7.17. The van der Waals surface area contributed by atoms with E-state index in [1.54, 1.807) is 17.5 Å². The van der Waals surface area contributed by atoms with Crippen LogP contribution in [-0.2, 0) is 0 Å². The molecule has 1 aromatic carbocycles. The van der Waals surface area contributed by atoms with E-state index >= 15 is 0 Å². The lowest BCUT2D eigenvalue weighted by Gasteiger charge is -2.09. The van der Waals surface area contributed by atoms with E-state index in [0.717, 1.165) is 38.8 Å². The molecule has 0 saturated heterocycles. The average molecular weight is 420 g/mol. The van der Waals surface area contributed by atoms with Crippen molar-refractivity contribution in [2.45, 2.75) is 33.2 Å². The summed E-state index contributed by atoms with van der Waals surface area (Å²) < 4.78 is 1.93. The summed E-state index contributed by atoms with van der Waals surface area (Å²) in [6.45, 7) is 6.76. The van der Waals surface area contributed by atoms with Gasteiger partial charge in [-0.2, -0.15) is 0 Å². The van der Waals surface area contributed by atoms with Crippen molar-refractivity contribution in [2.75, 3.05) is 11.9 Å². The van der Waals surface area contributed by atoms with Gasteiger partial charge in [0.25, 0.3) is 5.91 Å². The van der Waals surface area contributed by atoms with Crippen LogP contribution in [0.25, 0.3) is 27.2 Å². The first-order valence-corrected chi connectivity index (χ1v) is 11.0. The van der Waals surface area contributed by atoms with Gasteiger partial charge in [-0.15, -0.1) is 0 Å². The minimum Gasteiger partial charge on any atom is -0.359 e. The Hall–Kier alpha value is -3.19. The van der Waals surface area contributed by atoms with Gasteiger partial charge in [0.15, 0.2) is 5.13 Å². The normalized spacial score (nSPS) is 12.1. The van der Waals surface area contributed by atoms with E-state index < -0.39 is 0 Å². The van der Waals surface area contributed by atoms with Crippen molar-refractivity contribution in [3.05, 3.63) is 60.7 Å². The van der Waals surface area contributed by atoms with E-state index in [0.29, 0.717) is 18.3 Å². The number of carbonyl (C=O) groups is 1. The van der Waals surface area contributed by atoms with Crippen LogP contribution in [0.5, 0.6) is 0 Å². The van der Waals surface area contributed by atoms with Crippen molar-refractivity contribution in [1.29, 1.82) is 0 Å². The average Bonchev–Trinajstić information content (AvgIpc) is 3.40. The predicted molar refractivity (Wildman–Crippen MR) is 123 cm³/mol. The summed E-state index contributed by atoms with van der Waals surface area (Å²) in [4.78, 5) is 22.6. The van der Waals surface area contributed by atoms with Crippen molar-refractivity contribution in [1.82, 2.24) is 19.7 Å². The topological polar surface area (TPSA) is 71.3 Å². The molecule has 3 heterocycles. The first-order valence-electron chi connectivity index (χ1n) is 10.2. The minimum atomic E-state index is -0.167. The maximum Gasteiger partial charge on any atom is 0.271 e. The molecule has 1 atom stereocenters. The van der Waals surface area contributed by atoms with Gasteiger partial charge in [0, 0.05) is 42.3 Å². The van der Waals surface area contributed by atoms with Crippen molar-refractivity contribution in [3.8, 4) is 21.6 Å². The Kier molecular flexibility index (Phi) is 5.81. The van der Waals surface area contributed by atoms with Crippen LogP contribution in [0.3, 0.4) is 0 Å². The maximum atomic E-state index is 12.3. The van der Waals surface area contributed by atoms with Gasteiger partial charge in [-0.25, -0.2) is 9.97 Å². The molecule has 3 aromatic heterocycles. The third-order valence-corrected chi connectivity index (χ3v) is 5.96. The van der Waals surface area contributed by atoms with Crippen LogP contribution < -0.4 is 10.6 Å². The number of fused-ring (bicyclic) bond motifs is 1. The zero-order valence-electron chi connectivity index (χ0n) is 17.3. The molecular formula is C23H25N5OS. The van der Waals surface area contributed by atoms with Crippen molar-refractivity contribution in [2.24, 2.45) is 0 Å². The van der Waals surface area contributed by atoms with Gasteiger partial charge in [-0.3, -0.25) is 4.79 Å². The van der Waals surface area contributed by atoms with Crippen molar-refractivity contribution >= 4 is 28.0 Å². The summed E-state index contributed by atoms with van der Waals surface area (Å²) in [5.74, 6) is -0.167. The van der Waals surface area contributed by atoms with E-state index in [1.165, 1.54) is 0 Å². The predicted octanol–water partition coefficient (Wildman–Crippen LogP) is 5.08. The van der Waals surface area contributed by atoms with Gasteiger partial charge >= 0.3 is 0 Å². The molecule has 0 aliphatic rings. The van der Waals surface area contributed by atoms with Crippen LogP contribution in [-0.4, -0.2) is 32.9 Å². The van der Waals surface area contributed by atoms with Crippen LogP contribution >= 0.6 is 11.3 Å². The van der Waals surface area contributed by atoms with Crippen molar-refractivity contribution in [3.63, 3.8) is 0 Å². The number of carbonyl (C=O) groups excluding carboxylic acids is 1. The smallest absolute Gasteiger partial charge is 0.271 e. The second-order valence-corrected chi connectivity index (χ2v) is 8.24. The third kappa shape index (κ3) is 4.07. The fourth-order valence-corrected chi connectivity index (χ4v) is 4.12. The van der Waals surface area contributed by atoms with Crippen LogP contribution in [0, 0.1) is 0 Å². The van der Waals surface area contributed by atoms with E-state index in [-0.39, 0.29) is 5.91 Å². The number of anilines is 1. The lowest BCUT2D eigenvalue weighted by atomic mass is 10.0. The highest BCUT2D eigenvalue weighted by Crippen LogP contribution is 2.34. The molecule has 6 nitrogen and oxygen atoms in total. The monoisotopic (exact) mass is 419 g/mol. The highest BCUT2D eigenvalue weighted by Gasteiger charge is 2.16. The van der Waals surface area contributed by atoms with E-state index in [1.807, 2.05) is 41.9 Å². The molecule has 30 heavy (non-hydrogen) atoms. The van der Waals surface area contributed by atoms with Crippen LogP contribution in [0.15, 0.2) is 55.0 Å². The summed E-state index contributed by atoms with van der Waals surface area (Å²) in [7, 11) is 0. The molecule has 0 bridgehead atoms. The number of rotatable bonds is 7. The van der Waals surface area contributed by atoms with Gasteiger partial charge in [-0.1, -0.05) is 48.6 Å². The number of nitrogens with zero attached hydrogens (tertiary/aromatic N) is 3. The first kappa shape index (κ1) is 20.1. The number of hydrogen-bond donors (Lipinski definition) is 2. The second-order valence-electron chi connectivity index (χ2n) is 7.21. The highest BCUT2D eigenvalue weighted by molar-refractivity contribution is 7.18. The third-order valence-electron chi connectivity index (χ3n) is 4.98. The molecule has 0 unspecified atom stereocenters. The number of thiazole rings is 1. The Labute approximate surface area is 180 Å². The lowest BCUT2D eigenvalue weighted by Crippen LogP contribution is -2.22. The zero-order chi connectivity index (χ0) is 21.1. The first-order chi connectivity index (χ1) is 14.6. The van der Waals surface area contributed by atoms with Gasteiger partial charge in [-0.05, 0) is 31.9 Å². The lowest BCUT2D eigenvalue weighted by molar-refractivity contribution is 0.0951. The van der Waals surface area contributed by atoms with Crippen LogP contribution in [0.2, 0.25) is 0 Å². The fraction of sp³-hybridized carbons (Fsp3) is 0.261. The standard InChI is InChI=1S/C23H25N5OS/c1-4-15(3)26-23-25-12-20(30-23)17-11-18(16-9-7-6-8-10-16)21-27-19(14-28(21)13-17)22(29)24-5-2/h6-15H,4-5H2,1-3H3,(H,24,29)(H,25,26)/t15-/m1/s1. The Bertz CT molecular complexity index is 1170. The number of benzene rings is 1. The molecule has 0 spiro atoms. The fourth-order valence-electron chi connectivity index (χ4n) is 3.21. The summed E-state index contributed by atoms with van der Waals surface area (Å²) >= 11 is 1.63. The van der Waals surface area contributed by atoms with Crippen LogP contribution in [0.1, 0.15) is 37.7 Å². The number of pyridine rings is 1. The number of aromatic nitrogens is 3. The van der Waals surface area contributed by atoms with Gasteiger partial charge < -0.3 is 15.0 Å². The minimum absolute atomic E-state index is 0.167. The Morgan fingerprint density at radius 3 is 2.70 bits per heavy atom. The van der Waals surface area contributed by atoms with Crippen molar-refractivity contribution < 1.29 is 4.79 Å². The number of hydrogen-bond acceptors (Lipinski definition) is 5. The number of imidazole rings is 1. The quantitative estimate of drug-likeness (QED) is 0.438. The molecule has 4 aromatic rings. The molecule has 154 valence electrons. The zero-order valence-corrected chi connectivity index (χ0v) is 18.2. The highest BCUT2D eigenvalue weighted by atomic mass is 32.1. The largest absolute Gasteiger partial charge is 0.359 e. The van der Waals surface area contributed by atoms with Gasteiger partial charge in [0.2, 0.25) is 0 Å². The summed E-state index contributed by atoms with van der Waals surface area (Å²) in [6.07, 6.45) is 6.73. The van der Waals surface area contributed by atoms with E-state index in [9.17, 15) is 4.79 Å². The number of amides is 1. The molecule has 7 heteroatoms. The molecule has 1 amide bonds. The molecule has 2 N–H and O–H groups in total. The Morgan fingerprint density at radius 1 is 1.17 bits per heavy atom. The number of nitrogens with one attached hydrogen (secondary N) is 2. The molecular weight excluding hydrogens is 394 g/mol. The summed E-state index contributed by atoms with van der Waals surface area (Å²) in [5.41, 5.74) is 4.24. The Balaban J connectivity index is 1.82. The van der Waals surface area contributed by atoms with Gasteiger partial charge in [0.1, 0.15) is 11.3 Å². The Morgan fingerprint density at radius 2 is 1.97 bits per heavy atom. The van der Waals surface area contributed by atoms with E-state index in [2.05, 4.69) is 52.6 Å². The molecule has 0 fully saturated rings. The molecule has 0 aliphatic heterocycles. The molecule has 4 rings (SSSR count). The molecule has 0 saturated carbocycles. The van der Waals surface area contributed by atoms with Crippen LogP contribution in [0.4, 0.5) is 5.13 Å². The summed E-state index contributed by atoms with van der Waals surface area (Å²) in [6, 6.07) is 12.6. The molecule has 0 aliphatic carbocycles. The van der Waals surface area contributed by atoms with E-state index in [4.69, 9.17) is 0 Å². The molecule has 0 radical (unpaired) electrons. The SMILES string of the molecule is CCNC(=O)c1cn2cc(-c3cnc(N[C@H](C)CC)s3)cc(-c3ccccc3)c2n1. The maximum absolute atomic E-state index is 12.3.